The minimum absolute atomic E-state index is 0.0442. The van der Waals surface area contributed by atoms with E-state index in [1.165, 1.54) is 0 Å². The van der Waals surface area contributed by atoms with Crippen LogP contribution in [0.5, 0.6) is 5.75 Å². The van der Waals surface area contributed by atoms with Gasteiger partial charge in [-0.05, 0) is 18.9 Å². The largest absolute Gasteiger partial charge is 0.507 e. The Bertz CT molecular complexity index is 793. The first-order chi connectivity index (χ1) is 9.99. The molecule has 0 radical (unpaired) electrons. The summed E-state index contributed by atoms with van der Waals surface area (Å²) in [5.41, 5.74) is -0.485. The molecule has 0 saturated heterocycles. The number of aromatic carboxylic acids is 1. The van der Waals surface area contributed by atoms with Crippen LogP contribution >= 0.6 is 11.6 Å². The molecule has 110 valence electrons. The van der Waals surface area contributed by atoms with E-state index in [9.17, 15) is 14.7 Å². The van der Waals surface area contributed by atoms with E-state index < -0.39 is 11.7 Å². The van der Waals surface area contributed by atoms with Gasteiger partial charge in [-0.15, -0.1) is 5.10 Å². The number of fused-ring (bicyclic) bond motifs is 1. The van der Waals surface area contributed by atoms with E-state index in [4.69, 9.17) is 16.7 Å². The number of nitrogens with zero attached hydrogens (tertiary/aromatic N) is 3. The predicted molar refractivity (Wildman–Crippen MR) is 74.4 cm³/mol. The standard InChI is InChI=1S/C13H12ClN3O4/c14-8-5-7(12(19)20)10(18)6-9(8)17-13(21)16-4-2-1-3-11(16)15-17/h5-6,18H,1-4H2,(H,19,20). The highest BCUT2D eigenvalue weighted by Gasteiger charge is 2.21. The first kappa shape index (κ1) is 13.7. The maximum atomic E-state index is 12.3. The van der Waals surface area contributed by atoms with Gasteiger partial charge in [0.1, 0.15) is 17.1 Å². The first-order valence-corrected chi connectivity index (χ1v) is 6.81. The number of halogens is 1. The zero-order valence-corrected chi connectivity index (χ0v) is 11.7. The molecule has 0 atom stereocenters. The Morgan fingerprint density at radius 2 is 2.10 bits per heavy atom. The van der Waals surface area contributed by atoms with Crippen molar-refractivity contribution in [2.45, 2.75) is 25.8 Å². The molecule has 1 aliphatic rings. The number of aromatic hydroxyl groups is 1. The fourth-order valence-corrected chi connectivity index (χ4v) is 2.68. The van der Waals surface area contributed by atoms with Crippen LogP contribution < -0.4 is 5.69 Å². The van der Waals surface area contributed by atoms with Gasteiger partial charge in [0.15, 0.2) is 0 Å². The van der Waals surface area contributed by atoms with Crippen LogP contribution in [0.1, 0.15) is 29.0 Å². The molecule has 1 aromatic carbocycles. The molecule has 0 bridgehead atoms. The number of carboxylic acids is 1. The van der Waals surface area contributed by atoms with Gasteiger partial charge in [-0.25, -0.2) is 9.59 Å². The zero-order chi connectivity index (χ0) is 15.1. The van der Waals surface area contributed by atoms with Crippen LogP contribution in [0.15, 0.2) is 16.9 Å². The highest BCUT2D eigenvalue weighted by Crippen LogP contribution is 2.28. The number of rotatable bonds is 2. The van der Waals surface area contributed by atoms with Crippen LogP contribution in [-0.2, 0) is 13.0 Å². The second-order valence-electron chi connectivity index (χ2n) is 4.85. The van der Waals surface area contributed by atoms with Crippen molar-refractivity contribution in [3.05, 3.63) is 39.0 Å². The van der Waals surface area contributed by atoms with E-state index in [1.807, 2.05) is 0 Å². The Morgan fingerprint density at radius 1 is 1.33 bits per heavy atom. The SMILES string of the molecule is O=C(O)c1cc(Cl)c(-n2nc3n(c2=O)CCCC3)cc1O. The van der Waals surface area contributed by atoms with Gasteiger partial charge in [0, 0.05) is 19.0 Å². The number of phenols is 1. The van der Waals surface area contributed by atoms with E-state index in [-0.39, 0.29) is 22.0 Å². The summed E-state index contributed by atoms with van der Waals surface area (Å²) in [7, 11) is 0. The molecule has 8 heteroatoms. The Kier molecular flexibility index (Phi) is 3.21. The van der Waals surface area contributed by atoms with E-state index in [2.05, 4.69) is 5.10 Å². The van der Waals surface area contributed by atoms with E-state index in [0.717, 1.165) is 29.7 Å². The predicted octanol–water partition coefficient (Wildman–Crippen LogP) is 1.43. The molecule has 0 amide bonds. The fraction of sp³-hybridized carbons (Fsp3) is 0.308. The summed E-state index contributed by atoms with van der Waals surface area (Å²) in [6.45, 7) is 0.602. The highest BCUT2D eigenvalue weighted by atomic mass is 35.5. The average molecular weight is 310 g/mol. The lowest BCUT2D eigenvalue weighted by atomic mass is 10.2. The van der Waals surface area contributed by atoms with Crippen molar-refractivity contribution in [2.75, 3.05) is 0 Å². The van der Waals surface area contributed by atoms with Gasteiger partial charge in [-0.2, -0.15) is 4.68 Å². The molecule has 0 aliphatic carbocycles. The van der Waals surface area contributed by atoms with Crippen LogP contribution in [0.4, 0.5) is 0 Å². The normalized spacial score (nSPS) is 14.0. The minimum Gasteiger partial charge on any atom is -0.507 e. The number of carbonyl (C=O) groups is 1. The summed E-state index contributed by atoms with van der Waals surface area (Å²) >= 11 is 6.03. The van der Waals surface area contributed by atoms with Crippen LogP contribution in [0.2, 0.25) is 5.02 Å². The molecular formula is C13H12ClN3O4. The molecule has 7 nitrogen and oxygen atoms in total. The minimum atomic E-state index is -1.29. The Morgan fingerprint density at radius 3 is 2.76 bits per heavy atom. The van der Waals surface area contributed by atoms with Gasteiger partial charge in [0.25, 0.3) is 0 Å². The fourth-order valence-electron chi connectivity index (χ4n) is 2.44. The lowest BCUT2D eigenvalue weighted by molar-refractivity contribution is 0.0693. The number of aryl methyl sites for hydroxylation is 1. The van der Waals surface area contributed by atoms with E-state index in [1.54, 1.807) is 4.57 Å². The molecule has 3 rings (SSSR count). The number of hydrogen-bond acceptors (Lipinski definition) is 4. The van der Waals surface area contributed by atoms with Crippen molar-refractivity contribution >= 4 is 17.6 Å². The van der Waals surface area contributed by atoms with Gasteiger partial charge >= 0.3 is 11.7 Å². The van der Waals surface area contributed by atoms with Crippen molar-refractivity contribution in [1.82, 2.24) is 14.3 Å². The molecule has 0 fully saturated rings. The summed E-state index contributed by atoms with van der Waals surface area (Å²) < 4.78 is 2.68. The van der Waals surface area contributed by atoms with Crippen molar-refractivity contribution < 1.29 is 15.0 Å². The maximum Gasteiger partial charge on any atom is 0.350 e. The van der Waals surface area contributed by atoms with Crippen LogP contribution in [-0.4, -0.2) is 30.5 Å². The van der Waals surface area contributed by atoms with Crippen molar-refractivity contribution in [3.63, 3.8) is 0 Å². The molecule has 0 unspecified atom stereocenters. The quantitative estimate of drug-likeness (QED) is 0.874. The molecule has 1 aromatic heterocycles. The lowest BCUT2D eigenvalue weighted by Crippen LogP contribution is -2.26. The summed E-state index contributed by atoms with van der Waals surface area (Å²) in [6, 6.07) is 2.26. The molecule has 2 aromatic rings. The molecule has 1 aliphatic heterocycles. The van der Waals surface area contributed by atoms with Gasteiger partial charge in [-0.3, -0.25) is 4.57 Å². The number of benzene rings is 1. The summed E-state index contributed by atoms with van der Waals surface area (Å²) in [5, 5.41) is 22.9. The smallest absolute Gasteiger partial charge is 0.350 e. The number of hydrogen-bond donors (Lipinski definition) is 2. The Balaban J connectivity index is 2.18. The van der Waals surface area contributed by atoms with E-state index >= 15 is 0 Å². The first-order valence-electron chi connectivity index (χ1n) is 6.44. The van der Waals surface area contributed by atoms with Gasteiger partial charge in [0.2, 0.25) is 0 Å². The van der Waals surface area contributed by atoms with Crippen LogP contribution in [0.25, 0.3) is 5.69 Å². The lowest BCUT2D eigenvalue weighted by Gasteiger charge is -2.09. The summed E-state index contributed by atoms with van der Waals surface area (Å²) in [6.07, 6.45) is 2.59. The highest BCUT2D eigenvalue weighted by molar-refractivity contribution is 6.32. The van der Waals surface area contributed by atoms with Gasteiger partial charge < -0.3 is 10.2 Å². The monoisotopic (exact) mass is 309 g/mol. The summed E-state index contributed by atoms with van der Waals surface area (Å²) in [5.74, 6) is -1.08. The third-order valence-corrected chi connectivity index (χ3v) is 3.80. The third kappa shape index (κ3) is 2.19. The summed E-state index contributed by atoms with van der Waals surface area (Å²) in [4.78, 5) is 23.2. The van der Waals surface area contributed by atoms with Gasteiger partial charge in [0.05, 0.1) is 10.7 Å². The molecule has 0 saturated carbocycles. The maximum absolute atomic E-state index is 12.3. The Labute approximate surface area is 124 Å². The number of aromatic nitrogens is 3. The zero-order valence-electron chi connectivity index (χ0n) is 10.9. The van der Waals surface area contributed by atoms with Crippen molar-refractivity contribution in [3.8, 4) is 11.4 Å². The van der Waals surface area contributed by atoms with Crippen molar-refractivity contribution in [1.29, 1.82) is 0 Å². The molecule has 2 heterocycles. The topological polar surface area (TPSA) is 97.4 Å². The van der Waals surface area contributed by atoms with Crippen LogP contribution in [0.3, 0.4) is 0 Å². The van der Waals surface area contributed by atoms with Gasteiger partial charge in [-0.1, -0.05) is 11.6 Å². The number of carboxylic acid groups (broad SMARTS) is 1. The molecular weight excluding hydrogens is 298 g/mol. The van der Waals surface area contributed by atoms with Crippen molar-refractivity contribution in [2.24, 2.45) is 0 Å². The third-order valence-electron chi connectivity index (χ3n) is 3.49. The molecule has 0 spiro atoms. The van der Waals surface area contributed by atoms with Crippen LogP contribution in [0, 0.1) is 0 Å². The Hall–Kier alpha value is -2.28. The average Bonchev–Trinajstić information content (AvgIpc) is 2.78. The van der Waals surface area contributed by atoms with E-state index in [0.29, 0.717) is 18.8 Å². The molecule has 21 heavy (non-hydrogen) atoms. The molecule has 2 N–H and O–H groups in total. The second kappa shape index (κ2) is 4.92. The second-order valence-corrected chi connectivity index (χ2v) is 5.25.